The zero-order valence-corrected chi connectivity index (χ0v) is 14.7. The van der Waals surface area contributed by atoms with Crippen LogP contribution in [0.5, 0.6) is 5.75 Å². The first-order chi connectivity index (χ1) is 11.7. The first kappa shape index (κ1) is 18.1. The van der Waals surface area contributed by atoms with Gasteiger partial charge >= 0.3 is 5.97 Å². The van der Waals surface area contributed by atoms with Crippen LogP contribution in [0.1, 0.15) is 31.2 Å². The highest BCUT2D eigenvalue weighted by Crippen LogP contribution is 2.28. The van der Waals surface area contributed by atoms with Crippen molar-refractivity contribution in [2.45, 2.75) is 25.7 Å². The Bertz CT molecular complexity index is 557. The minimum atomic E-state index is -0.230. The van der Waals surface area contributed by atoms with Gasteiger partial charge in [0.05, 0.1) is 27.2 Å². The Hall–Kier alpha value is -2.24. The van der Waals surface area contributed by atoms with Crippen LogP contribution in [0.2, 0.25) is 0 Å². The van der Waals surface area contributed by atoms with Crippen LogP contribution in [0.4, 0.5) is 0 Å². The highest BCUT2D eigenvalue weighted by molar-refractivity contribution is 5.80. The lowest BCUT2D eigenvalue weighted by Gasteiger charge is -2.21. The molecular formula is C18H27N3O3. The van der Waals surface area contributed by atoms with Gasteiger partial charge in [0.2, 0.25) is 0 Å². The standard InChI is InChI=1S/C18H27N3O3/c1-4-19-18(20-11-9-17(22)24-3)21-12-10-15(13-21)14-5-7-16(23-2)8-6-14/h5-8,15H,4,9-13H2,1-3H3,(H,19,20). The molecule has 24 heavy (non-hydrogen) atoms. The van der Waals surface area contributed by atoms with Crippen molar-refractivity contribution in [2.24, 2.45) is 4.99 Å². The molecule has 1 aromatic carbocycles. The number of benzene rings is 1. The Kier molecular flexibility index (Phi) is 6.90. The molecule has 1 atom stereocenters. The van der Waals surface area contributed by atoms with Crippen LogP contribution in [0, 0.1) is 0 Å². The van der Waals surface area contributed by atoms with E-state index in [0.717, 1.165) is 37.8 Å². The summed E-state index contributed by atoms with van der Waals surface area (Å²) < 4.78 is 9.88. The SMILES string of the molecule is CCNC(=NCCC(=O)OC)N1CCC(c2ccc(OC)cc2)C1. The van der Waals surface area contributed by atoms with Gasteiger partial charge in [-0.15, -0.1) is 0 Å². The summed E-state index contributed by atoms with van der Waals surface area (Å²) in [4.78, 5) is 18.0. The molecule has 1 heterocycles. The second-order valence-corrected chi connectivity index (χ2v) is 5.77. The maximum absolute atomic E-state index is 11.2. The number of carbonyl (C=O) groups excluding carboxylic acids is 1. The van der Waals surface area contributed by atoms with Crippen LogP contribution < -0.4 is 10.1 Å². The number of nitrogens with zero attached hydrogens (tertiary/aromatic N) is 2. The smallest absolute Gasteiger partial charge is 0.307 e. The van der Waals surface area contributed by atoms with Crippen molar-refractivity contribution in [2.75, 3.05) is 40.4 Å². The first-order valence-corrected chi connectivity index (χ1v) is 8.42. The van der Waals surface area contributed by atoms with Crippen LogP contribution in [0.25, 0.3) is 0 Å². The molecule has 0 saturated carbocycles. The molecule has 0 spiro atoms. The van der Waals surface area contributed by atoms with E-state index < -0.39 is 0 Å². The predicted molar refractivity (Wildman–Crippen MR) is 94.5 cm³/mol. The molecule has 1 aliphatic heterocycles. The van der Waals surface area contributed by atoms with Gasteiger partial charge in [0.15, 0.2) is 5.96 Å². The van der Waals surface area contributed by atoms with Crippen molar-refractivity contribution in [3.8, 4) is 5.75 Å². The number of carbonyl (C=O) groups is 1. The van der Waals surface area contributed by atoms with E-state index in [4.69, 9.17) is 4.74 Å². The second-order valence-electron chi connectivity index (χ2n) is 5.77. The molecule has 0 aliphatic carbocycles. The van der Waals surface area contributed by atoms with Gasteiger partial charge in [0, 0.05) is 25.6 Å². The fourth-order valence-electron chi connectivity index (χ4n) is 2.88. The van der Waals surface area contributed by atoms with E-state index in [9.17, 15) is 4.79 Å². The normalized spacial score (nSPS) is 17.7. The molecule has 1 saturated heterocycles. The van der Waals surface area contributed by atoms with E-state index in [1.807, 2.05) is 19.1 Å². The number of methoxy groups -OCH3 is 2. The molecule has 1 aliphatic rings. The Labute approximate surface area is 143 Å². The summed E-state index contributed by atoms with van der Waals surface area (Å²) in [5, 5.41) is 3.31. The summed E-state index contributed by atoms with van der Waals surface area (Å²) >= 11 is 0. The van der Waals surface area contributed by atoms with Crippen molar-refractivity contribution < 1.29 is 14.3 Å². The van der Waals surface area contributed by atoms with Crippen LogP contribution in [-0.2, 0) is 9.53 Å². The van der Waals surface area contributed by atoms with E-state index in [2.05, 4.69) is 32.1 Å². The Morgan fingerprint density at radius 1 is 1.33 bits per heavy atom. The summed E-state index contributed by atoms with van der Waals surface area (Å²) in [5.41, 5.74) is 1.32. The summed E-state index contributed by atoms with van der Waals surface area (Å²) in [6.07, 6.45) is 1.40. The van der Waals surface area contributed by atoms with Gasteiger partial charge < -0.3 is 19.7 Å². The van der Waals surface area contributed by atoms with Crippen molar-refractivity contribution >= 4 is 11.9 Å². The van der Waals surface area contributed by atoms with E-state index in [0.29, 0.717) is 18.9 Å². The number of likely N-dealkylation sites (tertiary alicyclic amines) is 1. The average Bonchev–Trinajstić information content (AvgIpc) is 3.10. The van der Waals surface area contributed by atoms with Crippen molar-refractivity contribution in [1.82, 2.24) is 10.2 Å². The quantitative estimate of drug-likeness (QED) is 0.490. The van der Waals surface area contributed by atoms with Gasteiger partial charge in [-0.25, -0.2) is 0 Å². The number of rotatable bonds is 6. The molecule has 132 valence electrons. The van der Waals surface area contributed by atoms with Gasteiger partial charge in [0.25, 0.3) is 0 Å². The monoisotopic (exact) mass is 333 g/mol. The van der Waals surface area contributed by atoms with E-state index in [1.54, 1.807) is 7.11 Å². The summed E-state index contributed by atoms with van der Waals surface area (Å²) in [7, 11) is 3.08. The van der Waals surface area contributed by atoms with E-state index in [-0.39, 0.29) is 5.97 Å². The molecule has 6 heteroatoms. The minimum Gasteiger partial charge on any atom is -0.497 e. The van der Waals surface area contributed by atoms with Gasteiger partial charge in [-0.3, -0.25) is 9.79 Å². The lowest BCUT2D eigenvalue weighted by Crippen LogP contribution is -2.40. The Balaban J connectivity index is 1.96. The molecule has 1 aromatic rings. The van der Waals surface area contributed by atoms with Crippen molar-refractivity contribution in [1.29, 1.82) is 0 Å². The summed E-state index contributed by atoms with van der Waals surface area (Å²) in [6.45, 7) is 5.18. The first-order valence-electron chi connectivity index (χ1n) is 8.42. The molecule has 1 unspecified atom stereocenters. The second kappa shape index (κ2) is 9.15. The van der Waals surface area contributed by atoms with Crippen molar-refractivity contribution in [3.63, 3.8) is 0 Å². The topological polar surface area (TPSA) is 63.2 Å². The number of aliphatic imine (C=N–C) groups is 1. The lowest BCUT2D eigenvalue weighted by molar-refractivity contribution is -0.140. The molecule has 1 fully saturated rings. The summed E-state index contributed by atoms with van der Waals surface area (Å²) in [5.74, 6) is 2.01. The fourth-order valence-corrected chi connectivity index (χ4v) is 2.88. The van der Waals surface area contributed by atoms with Crippen molar-refractivity contribution in [3.05, 3.63) is 29.8 Å². The molecular weight excluding hydrogens is 306 g/mol. The van der Waals surface area contributed by atoms with Crippen LogP contribution in [0.15, 0.2) is 29.3 Å². The van der Waals surface area contributed by atoms with Gasteiger partial charge in [0.1, 0.15) is 5.75 Å². The Morgan fingerprint density at radius 3 is 2.71 bits per heavy atom. The van der Waals surface area contributed by atoms with E-state index >= 15 is 0 Å². The van der Waals surface area contributed by atoms with Crippen LogP contribution in [0.3, 0.4) is 0 Å². The highest BCUT2D eigenvalue weighted by atomic mass is 16.5. The largest absolute Gasteiger partial charge is 0.497 e. The average molecular weight is 333 g/mol. The third-order valence-electron chi connectivity index (χ3n) is 4.22. The maximum atomic E-state index is 11.2. The fraction of sp³-hybridized carbons (Fsp3) is 0.556. The molecule has 1 N–H and O–H groups in total. The molecule has 0 radical (unpaired) electrons. The minimum absolute atomic E-state index is 0.230. The summed E-state index contributed by atoms with van der Waals surface area (Å²) in [6, 6.07) is 8.28. The zero-order valence-electron chi connectivity index (χ0n) is 14.7. The lowest BCUT2D eigenvalue weighted by atomic mass is 9.98. The highest BCUT2D eigenvalue weighted by Gasteiger charge is 2.26. The molecule has 2 rings (SSSR count). The molecule has 0 amide bonds. The third kappa shape index (κ3) is 4.88. The van der Waals surface area contributed by atoms with Crippen LogP contribution in [-0.4, -0.2) is 57.2 Å². The van der Waals surface area contributed by atoms with Gasteiger partial charge in [-0.1, -0.05) is 12.1 Å². The number of ether oxygens (including phenoxy) is 2. The van der Waals surface area contributed by atoms with Gasteiger partial charge in [-0.2, -0.15) is 0 Å². The van der Waals surface area contributed by atoms with E-state index in [1.165, 1.54) is 12.7 Å². The predicted octanol–water partition coefficient (Wildman–Crippen LogP) is 2.01. The molecule has 0 aromatic heterocycles. The number of guanidine groups is 1. The molecule has 6 nitrogen and oxygen atoms in total. The van der Waals surface area contributed by atoms with Crippen LogP contribution >= 0.6 is 0 Å². The number of esters is 1. The van der Waals surface area contributed by atoms with Gasteiger partial charge in [-0.05, 0) is 31.0 Å². The number of hydrogen-bond acceptors (Lipinski definition) is 4. The third-order valence-corrected chi connectivity index (χ3v) is 4.22. The molecule has 0 bridgehead atoms. The number of nitrogens with one attached hydrogen (secondary N) is 1. The zero-order chi connectivity index (χ0) is 17.4. The maximum Gasteiger partial charge on any atom is 0.307 e. The Morgan fingerprint density at radius 2 is 2.08 bits per heavy atom. The number of hydrogen-bond donors (Lipinski definition) is 1.